The van der Waals surface area contributed by atoms with Gasteiger partial charge in [-0.05, 0) is 88.2 Å². The molecule has 1 fully saturated rings. The summed E-state index contributed by atoms with van der Waals surface area (Å²) in [5.74, 6) is 1.34. The fraction of sp³-hybridized carbons (Fsp3) is 0.360. The van der Waals surface area contributed by atoms with Crippen molar-refractivity contribution in [2.45, 2.75) is 44.6 Å². The van der Waals surface area contributed by atoms with Gasteiger partial charge in [-0.3, -0.25) is 0 Å². The summed E-state index contributed by atoms with van der Waals surface area (Å²) in [6.07, 6.45) is 3.94. The number of hydrogen-bond donors (Lipinski definition) is 1. The quantitative estimate of drug-likeness (QED) is 0.636. The van der Waals surface area contributed by atoms with Crippen molar-refractivity contribution in [1.29, 1.82) is 0 Å². The van der Waals surface area contributed by atoms with Crippen LogP contribution in [0, 0.1) is 5.41 Å². The van der Waals surface area contributed by atoms with E-state index in [0.29, 0.717) is 5.92 Å². The van der Waals surface area contributed by atoms with Crippen LogP contribution < -0.4 is 4.74 Å². The molecule has 0 amide bonds. The number of ether oxygens (including phenoxy) is 1. The molecule has 0 aromatic heterocycles. The molecule has 3 atom stereocenters. The normalized spacial score (nSPS) is 26.6. The van der Waals surface area contributed by atoms with Crippen molar-refractivity contribution in [3.05, 3.63) is 65.7 Å². The average molecular weight is 358 g/mol. The molecule has 0 heterocycles. The largest absolute Gasteiger partial charge is 0.497 e. The summed E-state index contributed by atoms with van der Waals surface area (Å²) in [4.78, 5) is 0. The maximum atomic E-state index is 10.4. The fourth-order valence-corrected chi connectivity index (χ4v) is 5.57. The first kappa shape index (κ1) is 16.8. The second kappa shape index (κ2) is 6.10. The van der Waals surface area contributed by atoms with Crippen molar-refractivity contribution in [3.63, 3.8) is 0 Å². The lowest BCUT2D eigenvalue weighted by atomic mass is 9.66. The van der Waals surface area contributed by atoms with Crippen LogP contribution in [0.5, 0.6) is 5.75 Å². The van der Waals surface area contributed by atoms with Crippen LogP contribution in [0.25, 0.3) is 21.9 Å². The highest BCUT2D eigenvalue weighted by Crippen LogP contribution is 2.57. The monoisotopic (exact) mass is 358 g/mol. The summed E-state index contributed by atoms with van der Waals surface area (Å²) in [6.45, 7) is 2.37. The summed E-state index contributed by atoms with van der Waals surface area (Å²) < 4.78 is 5.34. The van der Waals surface area contributed by atoms with Gasteiger partial charge in [-0.15, -0.1) is 0 Å². The molecule has 0 saturated heterocycles. The number of aliphatic hydroxyl groups is 1. The van der Waals surface area contributed by atoms with E-state index in [-0.39, 0.29) is 11.5 Å². The molecule has 1 saturated carbocycles. The number of fused-ring (bicyclic) bond motifs is 5. The molecule has 0 bridgehead atoms. The molecule has 2 nitrogen and oxygen atoms in total. The van der Waals surface area contributed by atoms with Crippen molar-refractivity contribution >= 4 is 10.8 Å². The van der Waals surface area contributed by atoms with E-state index in [9.17, 15) is 5.11 Å². The molecule has 0 spiro atoms. The van der Waals surface area contributed by atoms with Gasteiger partial charge in [0.2, 0.25) is 0 Å². The highest BCUT2D eigenvalue weighted by Gasteiger charge is 2.47. The summed E-state index contributed by atoms with van der Waals surface area (Å²) in [5, 5.41) is 13.1. The summed E-state index contributed by atoms with van der Waals surface area (Å²) in [6, 6.07) is 19.6. The van der Waals surface area contributed by atoms with Crippen LogP contribution in [-0.4, -0.2) is 18.3 Å². The van der Waals surface area contributed by atoms with Gasteiger partial charge >= 0.3 is 0 Å². The minimum Gasteiger partial charge on any atom is -0.497 e. The predicted molar refractivity (Wildman–Crippen MR) is 110 cm³/mol. The SMILES string of the molecule is COc1ccc(-c2cc3c(c4ccccc24)CC[C@]2(C)C[C@H](O)C[C@@H]32)cc1. The smallest absolute Gasteiger partial charge is 0.118 e. The zero-order chi connectivity index (χ0) is 18.6. The lowest BCUT2D eigenvalue weighted by molar-refractivity contribution is 0.159. The summed E-state index contributed by atoms with van der Waals surface area (Å²) in [5.41, 5.74) is 5.70. The Morgan fingerprint density at radius 3 is 2.52 bits per heavy atom. The molecular formula is C25H26O2. The standard InChI is InChI=1S/C25H26O2/c1-25-12-11-21-19-5-3-4-6-20(19)22(16-7-9-18(27-2)10-8-16)14-23(21)24(25)13-17(26)15-25/h3-10,14,17,24,26H,11-13,15H2,1-2H3/t17-,24+,25-/m1/s1. The van der Waals surface area contributed by atoms with Crippen LogP contribution in [0.3, 0.4) is 0 Å². The second-order valence-electron chi connectivity index (χ2n) is 8.57. The van der Waals surface area contributed by atoms with E-state index in [0.717, 1.165) is 25.0 Å². The molecule has 5 rings (SSSR count). The Labute approximate surface area is 160 Å². The third-order valence-corrected chi connectivity index (χ3v) is 6.96. The zero-order valence-corrected chi connectivity index (χ0v) is 16.0. The van der Waals surface area contributed by atoms with Gasteiger partial charge in [-0.25, -0.2) is 0 Å². The van der Waals surface area contributed by atoms with Crippen molar-refractivity contribution in [3.8, 4) is 16.9 Å². The number of benzene rings is 3. The molecule has 0 radical (unpaired) electrons. The Balaban J connectivity index is 1.75. The van der Waals surface area contributed by atoms with Gasteiger partial charge in [0.15, 0.2) is 0 Å². The van der Waals surface area contributed by atoms with Gasteiger partial charge in [-0.2, -0.15) is 0 Å². The van der Waals surface area contributed by atoms with E-state index in [1.54, 1.807) is 7.11 Å². The first-order chi connectivity index (χ1) is 13.1. The molecule has 0 aliphatic heterocycles. The third kappa shape index (κ3) is 2.58. The molecule has 3 aromatic rings. The molecule has 1 N–H and O–H groups in total. The van der Waals surface area contributed by atoms with E-state index in [2.05, 4.69) is 49.4 Å². The third-order valence-electron chi connectivity index (χ3n) is 6.96. The minimum atomic E-state index is -0.165. The Hall–Kier alpha value is -2.32. The average Bonchev–Trinajstić information content (AvgIpc) is 3.01. The van der Waals surface area contributed by atoms with Crippen LogP contribution in [-0.2, 0) is 6.42 Å². The fourth-order valence-electron chi connectivity index (χ4n) is 5.57. The number of aliphatic hydroxyl groups excluding tert-OH is 1. The zero-order valence-electron chi connectivity index (χ0n) is 16.0. The first-order valence-electron chi connectivity index (χ1n) is 9.96. The number of methoxy groups -OCH3 is 1. The molecule has 2 heteroatoms. The van der Waals surface area contributed by atoms with Gasteiger partial charge < -0.3 is 9.84 Å². The Morgan fingerprint density at radius 1 is 1.04 bits per heavy atom. The summed E-state index contributed by atoms with van der Waals surface area (Å²) in [7, 11) is 1.70. The maximum Gasteiger partial charge on any atom is 0.118 e. The van der Waals surface area contributed by atoms with Crippen LogP contribution in [0.4, 0.5) is 0 Å². The predicted octanol–water partition coefficient (Wildman–Crippen LogP) is 5.71. The maximum absolute atomic E-state index is 10.4. The van der Waals surface area contributed by atoms with E-state index >= 15 is 0 Å². The van der Waals surface area contributed by atoms with E-state index in [4.69, 9.17) is 4.74 Å². The van der Waals surface area contributed by atoms with Crippen molar-refractivity contribution in [1.82, 2.24) is 0 Å². The lowest BCUT2D eigenvalue weighted by Gasteiger charge is -2.38. The minimum absolute atomic E-state index is 0.165. The van der Waals surface area contributed by atoms with Gasteiger partial charge in [0.25, 0.3) is 0 Å². The van der Waals surface area contributed by atoms with Crippen molar-refractivity contribution < 1.29 is 9.84 Å². The molecule has 3 aromatic carbocycles. The Kier molecular flexibility index (Phi) is 3.80. The second-order valence-corrected chi connectivity index (χ2v) is 8.57. The van der Waals surface area contributed by atoms with E-state index in [1.165, 1.54) is 39.4 Å². The van der Waals surface area contributed by atoms with Crippen LogP contribution in [0.15, 0.2) is 54.6 Å². The van der Waals surface area contributed by atoms with Gasteiger partial charge in [0, 0.05) is 0 Å². The molecule has 2 aliphatic carbocycles. The van der Waals surface area contributed by atoms with Gasteiger partial charge in [0.1, 0.15) is 5.75 Å². The van der Waals surface area contributed by atoms with Crippen molar-refractivity contribution in [2.75, 3.05) is 7.11 Å². The molecule has 138 valence electrons. The van der Waals surface area contributed by atoms with Crippen molar-refractivity contribution in [2.24, 2.45) is 5.41 Å². The Bertz CT molecular complexity index is 1000. The van der Waals surface area contributed by atoms with Crippen LogP contribution >= 0.6 is 0 Å². The topological polar surface area (TPSA) is 29.5 Å². The highest BCUT2D eigenvalue weighted by atomic mass is 16.5. The summed E-state index contributed by atoms with van der Waals surface area (Å²) >= 11 is 0. The number of hydrogen-bond acceptors (Lipinski definition) is 2. The van der Waals surface area contributed by atoms with E-state index < -0.39 is 0 Å². The Morgan fingerprint density at radius 2 is 1.78 bits per heavy atom. The van der Waals surface area contributed by atoms with E-state index in [1.807, 2.05) is 12.1 Å². The van der Waals surface area contributed by atoms with Gasteiger partial charge in [0.05, 0.1) is 13.2 Å². The molecule has 0 unspecified atom stereocenters. The lowest BCUT2D eigenvalue weighted by Crippen LogP contribution is -2.27. The van der Waals surface area contributed by atoms with Crippen LogP contribution in [0.1, 0.15) is 43.2 Å². The van der Waals surface area contributed by atoms with Crippen LogP contribution in [0.2, 0.25) is 0 Å². The molecule has 27 heavy (non-hydrogen) atoms. The number of rotatable bonds is 2. The van der Waals surface area contributed by atoms with Gasteiger partial charge in [-0.1, -0.05) is 43.3 Å². The molecular weight excluding hydrogens is 332 g/mol. The highest BCUT2D eigenvalue weighted by molar-refractivity contribution is 5.99. The molecule has 2 aliphatic rings. The first-order valence-corrected chi connectivity index (χ1v) is 9.96. The number of aryl methyl sites for hydroxylation is 1.